The molecule has 0 fully saturated rings. The number of nitrogens with zero attached hydrogens (tertiary/aromatic N) is 3. The molecule has 0 bridgehead atoms. The Balaban J connectivity index is 1.63. The number of ether oxygens (including phenoxy) is 1. The summed E-state index contributed by atoms with van der Waals surface area (Å²) in [5.41, 5.74) is 1.38. The normalized spacial score (nSPS) is 15.3. The zero-order valence-electron chi connectivity index (χ0n) is 18.5. The molecule has 0 saturated heterocycles. The van der Waals surface area contributed by atoms with Gasteiger partial charge in [0.05, 0.1) is 33.8 Å². The Kier molecular flexibility index (Phi) is 7.72. The van der Waals surface area contributed by atoms with Crippen molar-refractivity contribution in [3.8, 4) is 0 Å². The average molecular weight is 500 g/mol. The van der Waals surface area contributed by atoms with Crippen molar-refractivity contribution in [2.24, 2.45) is 5.10 Å². The maximum atomic E-state index is 14.7. The number of methoxy groups -OCH3 is 1. The first-order valence-electron chi connectivity index (χ1n) is 10.7. The number of rotatable bonds is 8. The van der Waals surface area contributed by atoms with Gasteiger partial charge >= 0.3 is 0 Å². The molecule has 1 aliphatic heterocycles. The number of benzene rings is 2. The number of halogens is 2. The summed E-state index contributed by atoms with van der Waals surface area (Å²) in [4.78, 5) is 29.0. The van der Waals surface area contributed by atoms with Crippen molar-refractivity contribution < 1.29 is 18.7 Å². The monoisotopic (exact) mass is 499 g/mol. The zero-order chi connectivity index (χ0) is 24.1. The lowest BCUT2D eigenvalue weighted by molar-refractivity contribution is -0.133. The third-order valence-corrected chi connectivity index (χ3v) is 6.77. The van der Waals surface area contributed by atoms with Gasteiger partial charge in [0.25, 0.3) is 11.8 Å². The van der Waals surface area contributed by atoms with Gasteiger partial charge in [0.15, 0.2) is 0 Å². The number of carbonyl (C=O) groups is 2. The van der Waals surface area contributed by atoms with E-state index >= 15 is 0 Å². The molecule has 0 aliphatic carbocycles. The second-order valence-electron chi connectivity index (χ2n) is 7.70. The minimum absolute atomic E-state index is 0.187. The van der Waals surface area contributed by atoms with Gasteiger partial charge in [-0.15, -0.1) is 11.3 Å². The summed E-state index contributed by atoms with van der Waals surface area (Å²) in [5, 5.41) is 8.08. The van der Waals surface area contributed by atoms with E-state index < -0.39 is 17.8 Å². The first kappa shape index (κ1) is 24.1. The molecule has 34 heavy (non-hydrogen) atoms. The van der Waals surface area contributed by atoms with E-state index in [9.17, 15) is 14.0 Å². The van der Waals surface area contributed by atoms with Gasteiger partial charge in [0, 0.05) is 25.6 Å². The molecule has 0 saturated carbocycles. The van der Waals surface area contributed by atoms with Crippen molar-refractivity contribution in [2.75, 3.05) is 26.8 Å². The van der Waals surface area contributed by atoms with Crippen molar-refractivity contribution >= 4 is 40.5 Å². The molecule has 2 aromatic carbocycles. The van der Waals surface area contributed by atoms with Crippen LogP contribution in [0.4, 0.5) is 4.39 Å². The van der Waals surface area contributed by atoms with Crippen molar-refractivity contribution in [2.45, 2.75) is 12.5 Å². The highest BCUT2D eigenvalue weighted by Gasteiger charge is 2.36. The standard InChI is InChI=1S/C25H23ClFN3O3S/c1-33-13-12-29(25(32)17-7-2-4-9-19(17)26)16-24(31)30-22(18-8-3-5-10-20(18)27)15-21(28-30)23-11-6-14-34-23/h2-11,14,22H,12-13,15-16H2,1H3. The maximum Gasteiger partial charge on any atom is 0.262 e. The molecule has 0 radical (unpaired) electrons. The molecule has 1 aromatic heterocycles. The van der Waals surface area contributed by atoms with Gasteiger partial charge in [-0.3, -0.25) is 9.59 Å². The molecule has 3 aromatic rings. The minimum atomic E-state index is -0.606. The fourth-order valence-electron chi connectivity index (χ4n) is 3.81. The third kappa shape index (κ3) is 5.19. The Bertz CT molecular complexity index is 1200. The number of thiophene rings is 1. The van der Waals surface area contributed by atoms with Gasteiger partial charge in [-0.2, -0.15) is 5.10 Å². The van der Waals surface area contributed by atoms with Gasteiger partial charge in [-0.1, -0.05) is 48.0 Å². The molecule has 1 unspecified atom stereocenters. The topological polar surface area (TPSA) is 62.2 Å². The van der Waals surface area contributed by atoms with E-state index in [4.69, 9.17) is 16.3 Å². The quantitative estimate of drug-likeness (QED) is 0.438. The number of hydrogen-bond acceptors (Lipinski definition) is 5. The van der Waals surface area contributed by atoms with Gasteiger partial charge in [-0.25, -0.2) is 9.40 Å². The summed E-state index contributed by atoms with van der Waals surface area (Å²) in [6.45, 7) is 0.176. The van der Waals surface area contributed by atoms with E-state index in [1.54, 1.807) is 42.5 Å². The highest BCUT2D eigenvalue weighted by Crippen LogP contribution is 2.35. The fraction of sp³-hybridized carbons (Fsp3) is 0.240. The van der Waals surface area contributed by atoms with Crippen LogP contribution in [0, 0.1) is 5.82 Å². The zero-order valence-corrected chi connectivity index (χ0v) is 20.1. The van der Waals surface area contributed by atoms with E-state index in [0.29, 0.717) is 28.3 Å². The van der Waals surface area contributed by atoms with E-state index in [2.05, 4.69) is 5.10 Å². The van der Waals surface area contributed by atoms with Crippen LogP contribution in [0.2, 0.25) is 5.02 Å². The molecule has 1 aliphatic rings. The molecule has 0 spiro atoms. The molecule has 176 valence electrons. The second kappa shape index (κ2) is 10.9. The summed E-state index contributed by atoms with van der Waals surface area (Å²) in [7, 11) is 1.52. The summed E-state index contributed by atoms with van der Waals surface area (Å²) in [6.07, 6.45) is 0.379. The summed E-state index contributed by atoms with van der Waals surface area (Å²) in [6, 6.07) is 16.3. The average Bonchev–Trinajstić information content (AvgIpc) is 3.52. The van der Waals surface area contributed by atoms with Gasteiger partial charge in [0.1, 0.15) is 12.4 Å². The van der Waals surface area contributed by atoms with E-state index in [1.165, 1.54) is 34.4 Å². The molecule has 1 atom stereocenters. The lowest BCUT2D eigenvalue weighted by Gasteiger charge is -2.27. The van der Waals surface area contributed by atoms with Crippen molar-refractivity contribution in [3.05, 3.63) is 92.9 Å². The molecule has 2 amide bonds. The van der Waals surface area contributed by atoms with Gasteiger partial charge in [0.2, 0.25) is 0 Å². The fourth-order valence-corrected chi connectivity index (χ4v) is 4.75. The summed E-state index contributed by atoms with van der Waals surface area (Å²) >= 11 is 7.73. The smallest absolute Gasteiger partial charge is 0.262 e. The molecular weight excluding hydrogens is 477 g/mol. The second-order valence-corrected chi connectivity index (χ2v) is 9.06. The molecular formula is C25H23ClFN3O3S. The van der Waals surface area contributed by atoms with E-state index in [0.717, 1.165) is 4.88 Å². The Labute approximate surface area is 206 Å². The van der Waals surface area contributed by atoms with Crippen LogP contribution in [0.5, 0.6) is 0 Å². The van der Waals surface area contributed by atoms with Crippen molar-refractivity contribution in [3.63, 3.8) is 0 Å². The number of carbonyl (C=O) groups excluding carboxylic acids is 2. The predicted octanol–water partition coefficient (Wildman–Crippen LogP) is 5.01. The van der Waals surface area contributed by atoms with Crippen LogP contribution in [0.25, 0.3) is 0 Å². The van der Waals surface area contributed by atoms with Crippen LogP contribution in [0.15, 0.2) is 71.1 Å². The van der Waals surface area contributed by atoms with Crippen LogP contribution >= 0.6 is 22.9 Å². The van der Waals surface area contributed by atoms with Crippen LogP contribution in [-0.4, -0.2) is 54.2 Å². The Morgan fingerprint density at radius 2 is 1.94 bits per heavy atom. The maximum absolute atomic E-state index is 14.7. The number of hydrogen-bond donors (Lipinski definition) is 0. The lowest BCUT2D eigenvalue weighted by atomic mass is 10.0. The van der Waals surface area contributed by atoms with Crippen LogP contribution in [-0.2, 0) is 9.53 Å². The first-order valence-corrected chi connectivity index (χ1v) is 12.0. The first-order chi connectivity index (χ1) is 16.5. The van der Waals surface area contributed by atoms with E-state index in [1.807, 2.05) is 17.5 Å². The van der Waals surface area contributed by atoms with Crippen LogP contribution in [0.1, 0.15) is 33.3 Å². The Morgan fingerprint density at radius 1 is 1.18 bits per heavy atom. The van der Waals surface area contributed by atoms with Crippen LogP contribution in [0.3, 0.4) is 0 Å². The third-order valence-electron chi connectivity index (χ3n) is 5.52. The molecule has 6 nitrogen and oxygen atoms in total. The van der Waals surface area contributed by atoms with Gasteiger partial charge < -0.3 is 9.64 Å². The van der Waals surface area contributed by atoms with Crippen LogP contribution < -0.4 is 0 Å². The molecule has 0 N–H and O–H groups in total. The number of amides is 2. The largest absolute Gasteiger partial charge is 0.383 e. The van der Waals surface area contributed by atoms with E-state index in [-0.39, 0.29) is 25.6 Å². The summed E-state index contributed by atoms with van der Waals surface area (Å²) < 4.78 is 19.8. The Morgan fingerprint density at radius 3 is 2.65 bits per heavy atom. The molecule has 2 heterocycles. The molecule has 4 rings (SSSR count). The SMILES string of the molecule is COCCN(CC(=O)N1N=C(c2cccs2)CC1c1ccccc1F)C(=O)c1ccccc1Cl. The highest BCUT2D eigenvalue weighted by molar-refractivity contribution is 7.12. The highest BCUT2D eigenvalue weighted by atomic mass is 35.5. The number of hydrazone groups is 1. The van der Waals surface area contributed by atoms with Crippen molar-refractivity contribution in [1.82, 2.24) is 9.91 Å². The molecule has 9 heteroatoms. The summed E-state index contributed by atoms with van der Waals surface area (Å²) in [5.74, 6) is -1.22. The predicted molar refractivity (Wildman–Crippen MR) is 131 cm³/mol. The lowest BCUT2D eigenvalue weighted by Crippen LogP contribution is -2.43. The van der Waals surface area contributed by atoms with Crippen molar-refractivity contribution in [1.29, 1.82) is 0 Å². The Hall–Kier alpha value is -3.07. The minimum Gasteiger partial charge on any atom is -0.383 e. The van der Waals surface area contributed by atoms with Gasteiger partial charge in [-0.05, 0) is 29.6 Å².